The van der Waals surface area contributed by atoms with Gasteiger partial charge in [0.15, 0.2) is 0 Å². The Morgan fingerprint density at radius 1 is 1.31 bits per heavy atom. The number of hydrogen-bond acceptors (Lipinski definition) is 8. The second kappa shape index (κ2) is 7.25. The molecule has 1 aromatic carbocycles. The fourth-order valence-electron chi connectivity index (χ4n) is 2.11. The summed E-state index contributed by atoms with van der Waals surface area (Å²) >= 11 is 0. The number of carbonyl (C=O) groups excluding carboxylic acids is 1. The molecule has 2 heterocycles. The van der Waals surface area contributed by atoms with Crippen LogP contribution in [0.25, 0.3) is 11.3 Å². The summed E-state index contributed by atoms with van der Waals surface area (Å²) in [7, 11) is 0. The number of aromatic nitrogens is 4. The molecule has 0 spiro atoms. The topological polar surface area (TPSA) is 162 Å². The van der Waals surface area contributed by atoms with Gasteiger partial charge in [0.25, 0.3) is 5.91 Å². The lowest BCUT2D eigenvalue weighted by atomic mass is 10.1. The number of rotatable bonds is 6. The van der Waals surface area contributed by atoms with E-state index in [1.165, 1.54) is 12.3 Å². The van der Waals surface area contributed by atoms with Crippen molar-refractivity contribution in [1.82, 2.24) is 25.6 Å². The maximum Gasteiger partial charge on any atom is 0.336 e. The highest BCUT2D eigenvalue weighted by molar-refractivity contribution is 5.95. The van der Waals surface area contributed by atoms with Crippen LogP contribution in [0, 0.1) is 0 Å². The molecule has 26 heavy (non-hydrogen) atoms. The molecular weight excluding hydrogens is 342 g/mol. The van der Waals surface area contributed by atoms with Crippen molar-refractivity contribution in [3.8, 4) is 11.3 Å². The lowest BCUT2D eigenvalue weighted by Crippen LogP contribution is -2.24. The van der Waals surface area contributed by atoms with Crippen molar-refractivity contribution in [1.29, 1.82) is 0 Å². The van der Waals surface area contributed by atoms with Crippen LogP contribution >= 0.6 is 0 Å². The Hall–Kier alpha value is -4.02. The molecule has 0 radical (unpaired) electrons. The smallest absolute Gasteiger partial charge is 0.336 e. The summed E-state index contributed by atoms with van der Waals surface area (Å²) in [6.07, 6.45) is 1.29. The molecule has 0 aliphatic rings. The van der Waals surface area contributed by atoms with Gasteiger partial charge >= 0.3 is 5.97 Å². The van der Waals surface area contributed by atoms with Gasteiger partial charge in [0.2, 0.25) is 5.95 Å². The van der Waals surface area contributed by atoms with Gasteiger partial charge in [0.05, 0.1) is 11.8 Å². The zero-order chi connectivity index (χ0) is 18.5. The Labute approximate surface area is 146 Å². The molecule has 0 aliphatic heterocycles. The van der Waals surface area contributed by atoms with E-state index >= 15 is 0 Å². The van der Waals surface area contributed by atoms with E-state index in [1.807, 2.05) is 0 Å². The van der Waals surface area contributed by atoms with Gasteiger partial charge in [-0.2, -0.15) is 5.10 Å². The quantitative estimate of drug-likeness (QED) is 0.422. The average Bonchev–Trinajstić information content (AvgIpc) is 3.24. The van der Waals surface area contributed by atoms with Crippen LogP contribution in [0.2, 0.25) is 0 Å². The number of nitrogens with one attached hydrogen (secondary N) is 1. The molecule has 0 fully saturated rings. The Morgan fingerprint density at radius 2 is 2.12 bits per heavy atom. The standard InChI is InChI=1S/C15H13N7O4/c16-15-19-20-21-22(15)8-13(23)18-17-7-9-5-6-12(26-9)10-3-1-2-4-11(10)14(24)25/h1-7H,8H2,(H,18,23)(H,24,25)(H2,16,19,21)/b17-7+. The van der Waals surface area contributed by atoms with Crippen molar-refractivity contribution in [3.05, 3.63) is 47.7 Å². The molecule has 11 heteroatoms. The first kappa shape index (κ1) is 16.8. The maximum absolute atomic E-state index is 11.7. The molecule has 132 valence electrons. The number of anilines is 1. The molecule has 3 aromatic rings. The van der Waals surface area contributed by atoms with E-state index in [9.17, 15) is 14.7 Å². The number of hydrogen-bond donors (Lipinski definition) is 3. The highest BCUT2D eigenvalue weighted by atomic mass is 16.4. The fourth-order valence-corrected chi connectivity index (χ4v) is 2.11. The molecule has 0 saturated heterocycles. The van der Waals surface area contributed by atoms with Gasteiger partial charge in [0.1, 0.15) is 18.1 Å². The summed E-state index contributed by atoms with van der Waals surface area (Å²) in [5.74, 6) is -0.818. The van der Waals surface area contributed by atoms with Crippen LogP contribution in [0.4, 0.5) is 5.95 Å². The third-order valence-electron chi connectivity index (χ3n) is 3.28. The van der Waals surface area contributed by atoms with Crippen LogP contribution in [-0.2, 0) is 11.3 Å². The molecule has 0 bridgehead atoms. The lowest BCUT2D eigenvalue weighted by molar-refractivity contribution is -0.121. The summed E-state index contributed by atoms with van der Waals surface area (Å²) in [4.78, 5) is 23.0. The van der Waals surface area contributed by atoms with E-state index in [2.05, 4.69) is 26.1 Å². The van der Waals surface area contributed by atoms with E-state index in [0.717, 1.165) is 4.68 Å². The van der Waals surface area contributed by atoms with Crippen molar-refractivity contribution in [3.63, 3.8) is 0 Å². The molecule has 0 aliphatic carbocycles. The van der Waals surface area contributed by atoms with Crippen LogP contribution < -0.4 is 11.2 Å². The van der Waals surface area contributed by atoms with E-state index in [1.54, 1.807) is 30.3 Å². The van der Waals surface area contributed by atoms with Gasteiger partial charge in [-0.15, -0.1) is 0 Å². The number of hydrazone groups is 1. The number of carboxylic acid groups (broad SMARTS) is 1. The molecule has 0 unspecified atom stereocenters. The summed E-state index contributed by atoms with van der Waals surface area (Å²) in [5.41, 5.74) is 8.30. The van der Waals surface area contributed by atoms with E-state index in [-0.39, 0.29) is 18.1 Å². The lowest BCUT2D eigenvalue weighted by Gasteiger charge is -2.02. The molecule has 0 saturated carbocycles. The van der Waals surface area contributed by atoms with E-state index < -0.39 is 11.9 Å². The number of furan rings is 1. The number of nitrogens with zero attached hydrogens (tertiary/aromatic N) is 5. The molecule has 3 rings (SSSR count). The SMILES string of the molecule is Nc1nnnn1CC(=O)N/N=C/c1ccc(-c2ccccc2C(=O)O)o1. The van der Waals surface area contributed by atoms with E-state index in [4.69, 9.17) is 10.2 Å². The van der Waals surface area contributed by atoms with E-state index in [0.29, 0.717) is 17.1 Å². The van der Waals surface area contributed by atoms with Crippen LogP contribution in [0.1, 0.15) is 16.1 Å². The number of nitrogen functional groups attached to an aromatic ring is 1. The van der Waals surface area contributed by atoms with Crippen molar-refractivity contribution in [2.24, 2.45) is 5.10 Å². The fraction of sp³-hybridized carbons (Fsp3) is 0.0667. The minimum Gasteiger partial charge on any atom is -0.478 e. The Kier molecular flexibility index (Phi) is 4.69. The molecule has 1 amide bonds. The number of amides is 1. The van der Waals surface area contributed by atoms with Gasteiger partial charge in [-0.05, 0) is 28.6 Å². The Balaban J connectivity index is 1.65. The predicted molar refractivity (Wildman–Crippen MR) is 89.1 cm³/mol. The first-order chi connectivity index (χ1) is 12.5. The Bertz CT molecular complexity index is 976. The summed E-state index contributed by atoms with van der Waals surface area (Å²) in [6.45, 7) is -0.189. The largest absolute Gasteiger partial charge is 0.478 e. The minimum absolute atomic E-state index is 0.0110. The molecule has 4 N–H and O–H groups in total. The number of carbonyl (C=O) groups is 2. The van der Waals surface area contributed by atoms with Gasteiger partial charge in [0, 0.05) is 5.56 Å². The zero-order valence-electron chi connectivity index (χ0n) is 13.2. The number of carboxylic acids is 1. The third kappa shape index (κ3) is 3.72. The summed E-state index contributed by atoms with van der Waals surface area (Å²) in [6, 6.07) is 9.68. The first-order valence-corrected chi connectivity index (χ1v) is 7.30. The highest BCUT2D eigenvalue weighted by Crippen LogP contribution is 2.25. The highest BCUT2D eigenvalue weighted by Gasteiger charge is 2.13. The summed E-state index contributed by atoms with van der Waals surface area (Å²) in [5, 5.41) is 23.3. The molecule has 11 nitrogen and oxygen atoms in total. The Morgan fingerprint density at radius 3 is 2.85 bits per heavy atom. The van der Waals surface area contributed by atoms with Crippen molar-refractivity contribution in [2.45, 2.75) is 6.54 Å². The van der Waals surface area contributed by atoms with Crippen LogP contribution in [0.3, 0.4) is 0 Å². The van der Waals surface area contributed by atoms with Gasteiger partial charge in [-0.25, -0.2) is 14.9 Å². The monoisotopic (exact) mass is 355 g/mol. The van der Waals surface area contributed by atoms with Crippen molar-refractivity contribution < 1.29 is 19.1 Å². The number of aromatic carboxylic acids is 1. The second-order valence-corrected chi connectivity index (χ2v) is 5.04. The number of benzene rings is 1. The van der Waals surface area contributed by atoms with Crippen LogP contribution in [0.5, 0.6) is 0 Å². The van der Waals surface area contributed by atoms with Crippen LogP contribution in [-0.4, -0.2) is 43.4 Å². The number of nitrogens with two attached hydrogens (primary N) is 1. The van der Waals surface area contributed by atoms with Crippen molar-refractivity contribution in [2.75, 3.05) is 5.73 Å². The minimum atomic E-state index is -1.05. The number of tetrazole rings is 1. The maximum atomic E-state index is 11.7. The molecule has 2 aromatic heterocycles. The average molecular weight is 355 g/mol. The second-order valence-electron chi connectivity index (χ2n) is 5.04. The third-order valence-corrected chi connectivity index (χ3v) is 3.28. The van der Waals surface area contributed by atoms with Crippen molar-refractivity contribution >= 4 is 24.0 Å². The first-order valence-electron chi connectivity index (χ1n) is 7.30. The molecule has 0 atom stereocenters. The van der Waals surface area contributed by atoms with Crippen LogP contribution in [0.15, 0.2) is 45.9 Å². The normalized spacial score (nSPS) is 10.9. The predicted octanol–water partition coefficient (Wildman–Crippen LogP) is 0.364. The van der Waals surface area contributed by atoms with Gasteiger partial charge < -0.3 is 15.3 Å². The van der Waals surface area contributed by atoms with Gasteiger partial charge in [-0.1, -0.05) is 23.3 Å². The molecular formula is C15H13N7O4. The van der Waals surface area contributed by atoms with Gasteiger partial charge in [-0.3, -0.25) is 4.79 Å². The summed E-state index contributed by atoms with van der Waals surface area (Å²) < 4.78 is 6.66. The zero-order valence-corrected chi connectivity index (χ0v) is 13.2.